The largest absolute Gasteiger partial charge is 0.312 e. The van der Waals surface area contributed by atoms with Crippen LogP contribution >= 0.6 is 0 Å². The monoisotopic (exact) mass is 734 g/mol. The van der Waals surface area contributed by atoms with E-state index < -0.39 is 11.1 Å². The van der Waals surface area contributed by atoms with Gasteiger partial charge in [0.15, 0.2) is 16.6 Å². The fourth-order valence-electron chi connectivity index (χ4n) is 12.8. The molecule has 0 radical (unpaired) electrons. The van der Waals surface area contributed by atoms with Crippen molar-refractivity contribution in [3.63, 3.8) is 0 Å². The molecule has 264 valence electrons. The van der Waals surface area contributed by atoms with Gasteiger partial charge in [0.25, 0.3) is 5.82 Å². The zero-order valence-electron chi connectivity index (χ0n) is 31.1. The summed E-state index contributed by atoms with van der Waals surface area (Å²) in [4.78, 5) is 0. The highest BCUT2D eigenvalue weighted by molar-refractivity contribution is 6.19. The van der Waals surface area contributed by atoms with E-state index in [0.717, 1.165) is 0 Å². The first-order valence-electron chi connectivity index (χ1n) is 20.4. The molecule has 0 saturated carbocycles. The quantitative estimate of drug-likeness (QED) is 0.0839. The van der Waals surface area contributed by atoms with Gasteiger partial charge in [-0.15, -0.1) is 0 Å². The zero-order chi connectivity index (χ0) is 37.2. The second kappa shape index (κ2) is 9.18. The van der Waals surface area contributed by atoms with E-state index in [-0.39, 0.29) is 0 Å². The van der Waals surface area contributed by atoms with Crippen molar-refractivity contribution < 1.29 is 9.13 Å². The van der Waals surface area contributed by atoms with Gasteiger partial charge >= 0.3 is 11.3 Å². The Hall–Kier alpha value is -7.56. The molecule has 0 fully saturated rings. The summed E-state index contributed by atoms with van der Waals surface area (Å²) < 4.78 is 10.6. The lowest BCUT2D eigenvalue weighted by atomic mass is 9.58. The maximum absolute atomic E-state index is 2.75. The van der Waals surface area contributed by atoms with E-state index in [1.54, 1.807) is 0 Å². The Labute approximate surface area is 331 Å². The molecule has 0 N–H and O–H groups in total. The average Bonchev–Trinajstić information content (AvgIpc) is 4.00. The molecule has 58 heavy (non-hydrogen) atoms. The molecule has 1 unspecified atom stereocenters. The molecular formula is C54H30N4+2. The summed E-state index contributed by atoms with van der Waals surface area (Å²) in [7, 11) is 0. The molecule has 4 heteroatoms. The van der Waals surface area contributed by atoms with Crippen molar-refractivity contribution in [2.75, 3.05) is 0 Å². The van der Waals surface area contributed by atoms with Crippen LogP contribution in [0.15, 0.2) is 182 Å². The lowest BCUT2D eigenvalue weighted by Gasteiger charge is -2.45. The lowest BCUT2D eigenvalue weighted by molar-refractivity contribution is -0.947. The van der Waals surface area contributed by atoms with Crippen LogP contribution in [0.1, 0.15) is 33.4 Å². The second-order valence-electron chi connectivity index (χ2n) is 16.8. The summed E-state index contributed by atoms with van der Waals surface area (Å²) in [6, 6.07) is 67.1. The van der Waals surface area contributed by atoms with Crippen molar-refractivity contribution in [1.82, 2.24) is 8.97 Å². The minimum absolute atomic E-state index is 0.549. The Morgan fingerprint density at radius 3 is 1.93 bits per heavy atom. The van der Waals surface area contributed by atoms with Crippen molar-refractivity contribution in [1.29, 1.82) is 0 Å². The van der Waals surface area contributed by atoms with Crippen molar-refractivity contribution in [3.05, 3.63) is 216 Å². The van der Waals surface area contributed by atoms with Gasteiger partial charge in [0.1, 0.15) is 16.6 Å². The van der Waals surface area contributed by atoms with E-state index in [0.29, 0.717) is 0 Å². The maximum Gasteiger partial charge on any atom is 0.312 e. The summed E-state index contributed by atoms with van der Waals surface area (Å²) in [5.41, 5.74) is 17.0. The molecule has 2 aliphatic carbocycles. The van der Waals surface area contributed by atoms with Crippen molar-refractivity contribution in [2.45, 2.75) is 11.1 Å². The number of benzene rings is 8. The van der Waals surface area contributed by atoms with Gasteiger partial charge in [-0.3, -0.25) is 0 Å². The number of nitrogens with zero attached hydrogens (tertiary/aromatic N) is 4. The molecule has 0 bridgehead atoms. The Bertz CT molecular complexity index is 3950. The van der Waals surface area contributed by atoms with Crippen LogP contribution in [-0.2, 0) is 11.1 Å². The fraction of sp³-hybridized carbons (Fsp3) is 0.0370. The Morgan fingerprint density at radius 1 is 0.448 bits per heavy atom. The van der Waals surface area contributed by atoms with Gasteiger partial charge < -0.3 is 0 Å². The van der Waals surface area contributed by atoms with Gasteiger partial charge in [-0.05, 0) is 92.7 Å². The molecule has 2 aliphatic heterocycles. The van der Waals surface area contributed by atoms with E-state index in [1.165, 1.54) is 121 Å². The van der Waals surface area contributed by atoms with E-state index in [9.17, 15) is 0 Å². The number of pyridine rings is 2. The fourth-order valence-corrected chi connectivity index (χ4v) is 12.8. The predicted octanol–water partition coefficient (Wildman–Crippen LogP) is 10.8. The summed E-state index contributed by atoms with van der Waals surface area (Å²) in [5, 5.41) is 9.01. The van der Waals surface area contributed by atoms with Crippen LogP contribution in [0.3, 0.4) is 0 Å². The van der Waals surface area contributed by atoms with Gasteiger partial charge in [-0.2, -0.15) is 18.1 Å². The predicted molar refractivity (Wildman–Crippen MR) is 231 cm³/mol. The van der Waals surface area contributed by atoms with E-state index in [2.05, 4.69) is 200 Å². The standard InChI is InChI=1S/C54H30N4/c1-2-14-32-30-46-38(29-31(32)13-1)36-24-26-41-49-48(36)52-56(46)44-21-9-10-22-45(44)58(52)54(49)50-42(53(41)39-18-6-3-15-33(39)34-16-4-7-19-40(34)53)27-25-37-35-17-5-8-20-43(35)57(51(37)50)47-23-11-12-28-55(47)54/h1-30H/q+2. The third-order valence-corrected chi connectivity index (χ3v) is 14.6. The molecule has 8 aromatic carbocycles. The van der Waals surface area contributed by atoms with E-state index >= 15 is 0 Å². The lowest BCUT2D eigenvalue weighted by Crippen LogP contribution is -2.77. The highest BCUT2D eigenvalue weighted by atomic mass is 15.4. The smallest absolute Gasteiger partial charge is 0.191 e. The Morgan fingerprint density at radius 2 is 1.10 bits per heavy atom. The van der Waals surface area contributed by atoms with Crippen molar-refractivity contribution in [2.24, 2.45) is 0 Å². The summed E-state index contributed by atoms with van der Waals surface area (Å²) >= 11 is 0. The number of hydrogen-bond acceptors (Lipinski definition) is 0. The van der Waals surface area contributed by atoms with Gasteiger partial charge in [-0.1, -0.05) is 121 Å². The van der Waals surface area contributed by atoms with Crippen LogP contribution in [0, 0.1) is 0 Å². The minimum Gasteiger partial charge on any atom is -0.191 e. The van der Waals surface area contributed by atoms with Gasteiger partial charge in [0.2, 0.25) is 0 Å². The Balaban J connectivity index is 1.28. The maximum atomic E-state index is 2.75. The molecule has 16 rings (SSSR count). The van der Waals surface area contributed by atoms with Crippen molar-refractivity contribution >= 4 is 70.9 Å². The van der Waals surface area contributed by atoms with Crippen LogP contribution < -0.4 is 9.13 Å². The first kappa shape index (κ1) is 28.8. The van der Waals surface area contributed by atoms with Gasteiger partial charge in [0.05, 0.1) is 22.6 Å². The first-order chi connectivity index (χ1) is 28.8. The molecule has 0 saturated heterocycles. The molecule has 1 atom stereocenters. The van der Waals surface area contributed by atoms with Crippen LogP contribution in [-0.4, -0.2) is 8.97 Å². The first-order valence-corrected chi connectivity index (χ1v) is 20.4. The molecule has 12 aromatic rings. The van der Waals surface area contributed by atoms with Crippen LogP contribution in [0.2, 0.25) is 0 Å². The average molecular weight is 735 g/mol. The van der Waals surface area contributed by atoms with E-state index in [4.69, 9.17) is 0 Å². The third-order valence-electron chi connectivity index (χ3n) is 14.6. The molecule has 0 amide bonds. The minimum atomic E-state index is -0.740. The number of para-hydroxylation sites is 3. The zero-order valence-corrected chi connectivity index (χ0v) is 31.1. The summed E-state index contributed by atoms with van der Waals surface area (Å²) in [6.07, 6.45) is 2.36. The highest BCUT2D eigenvalue weighted by Crippen LogP contribution is 2.65. The molecular weight excluding hydrogens is 705 g/mol. The van der Waals surface area contributed by atoms with E-state index in [1.807, 2.05) is 0 Å². The molecule has 4 aliphatic rings. The molecule has 2 spiro atoms. The van der Waals surface area contributed by atoms with Crippen LogP contribution in [0.5, 0.6) is 0 Å². The number of aromatic nitrogens is 4. The molecule has 6 heterocycles. The molecule has 4 aromatic heterocycles. The van der Waals surface area contributed by atoms with Crippen molar-refractivity contribution in [3.8, 4) is 16.9 Å². The second-order valence-corrected chi connectivity index (χ2v) is 16.8. The Kier molecular flexibility index (Phi) is 4.55. The highest BCUT2D eigenvalue weighted by Gasteiger charge is 2.69. The summed E-state index contributed by atoms with van der Waals surface area (Å²) in [6.45, 7) is 0. The summed E-state index contributed by atoms with van der Waals surface area (Å²) in [5.74, 6) is 1.17. The number of rotatable bonds is 0. The van der Waals surface area contributed by atoms with Crippen LogP contribution in [0.4, 0.5) is 0 Å². The number of imidazole rings is 1. The molecule has 4 nitrogen and oxygen atoms in total. The SMILES string of the molecule is c1ccc2c(c1)-c1ccccc1C21c2ccc3c4cc5ccccc5cc4n4c5ccccc5[n+]5c4c3c2C52c3c1ccc1c4ccccc4n(c31)-c1cccc[n+]12. The van der Waals surface area contributed by atoms with Gasteiger partial charge in [0, 0.05) is 27.6 Å². The van der Waals surface area contributed by atoms with Crippen LogP contribution in [0.25, 0.3) is 87.9 Å². The van der Waals surface area contributed by atoms with Gasteiger partial charge in [-0.25, -0.2) is 0 Å². The number of fused-ring (bicyclic) bond motifs is 19. The normalized spacial score (nSPS) is 17.2. The third kappa shape index (κ3) is 2.71. The topological polar surface area (TPSA) is 17.1 Å². The number of hydrogen-bond donors (Lipinski definition) is 0.